The van der Waals surface area contributed by atoms with E-state index < -0.39 is 0 Å². The first kappa shape index (κ1) is 30.0. The molecule has 2 aromatic carbocycles. The maximum Gasteiger partial charge on any atom is 0.259 e. The number of anilines is 2. The first-order valence-electron chi connectivity index (χ1n) is 13.9. The second-order valence-corrected chi connectivity index (χ2v) is 10.7. The Hall–Kier alpha value is -1.21. The predicted molar refractivity (Wildman–Crippen MR) is 155 cm³/mol. The van der Waals surface area contributed by atoms with Crippen LogP contribution in [0.1, 0.15) is 91.9 Å². The third-order valence-electron chi connectivity index (χ3n) is 6.63. The lowest BCUT2D eigenvalue weighted by atomic mass is 10.1. The molecular weight excluding hydrogens is 561 g/mol. The van der Waals surface area contributed by atoms with Gasteiger partial charge >= 0.3 is 0 Å². The lowest BCUT2D eigenvalue weighted by Crippen LogP contribution is -3.00. The highest BCUT2D eigenvalue weighted by molar-refractivity contribution is 7.24. The summed E-state index contributed by atoms with van der Waals surface area (Å²) in [6, 6.07) is 13.8. The zero-order valence-electron chi connectivity index (χ0n) is 22.5. The van der Waals surface area contributed by atoms with E-state index in [1.807, 2.05) is 11.3 Å². The molecule has 3 rings (SSSR count). The van der Waals surface area contributed by atoms with Crippen LogP contribution in [0, 0.1) is 0 Å². The Morgan fingerprint density at radius 2 is 1.03 bits per heavy atom. The van der Waals surface area contributed by atoms with Gasteiger partial charge < -0.3 is 33.8 Å². The molecule has 3 aromatic rings. The summed E-state index contributed by atoms with van der Waals surface area (Å²) in [5.74, 6) is 0. The molecule has 0 unspecified atom stereocenters. The van der Waals surface area contributed by atoms with Crippen LogP contribution in [0.15, 0.2) is 36.4 Å². The molecule has 0 saturated heterocycles. The first-order chi connectivity index (χ1) is 16.7. The van der Waals surface area contributed by atoms with Crippen LogP contribution in [0.4, 0.5) is 11.4 Å². The molecule has 0 radical (unpaired) electrons. The Labute approximate surface area is 235 Å². The van der Waals surface area contributed by atoms with E-state index in [0.717, 1.165) is 37.2 Å². The quantitative estimate of drug-likeness (QED) is 0.0822. The smallest absolute Gasteiger partial charge is 0.259 e. The molecule has 0 aliphatic heterocycles. The molecule has 5 heteroatoms. The third kappa shape index (κ3) is 8.99. The van der Waals surface area contributed by atoms with E-state index in [9.17, 15) is 0 Å². The van der Waals surface area contributed by atoms with Crippen LogP contribution in [-0.4, -0.2) is 31.2 Å². The molecule has 1 heterocycles. The summed E-state index contributed by atoms with van der Waals surface area (Å²) in [6.45, 7) is 13.7. The third-order valence-corrected chi connectivity index (χ3v) is 7.72. The Morgan fingerprint density at radius 3 is 1.46 bits per heavy atom. The second kappa shape index (κ2) is 16.5. The number of hydrogen-bond donors (Lipinski definition) is 0. The summed E-state index contributed by atoms with van der Waals surface area (Å²) < 4.78 is 2.59. The van der Waals surface area contributed by atoms with Crippen LogP contribution >= 0.6 is 11.3 Å². The zero-order valence-corrected chi connectivity index (χ0v) is 25.5. The number of halogens is 1. The minimum Gasteiger partial charge on any atom is -1.00 e. The molecular formula is C30H46IN3S. The SMILES string of the molecule is CCCCCCN(CCCCCC)c1ccc2nc3ccc(N(CCC)CCC)cc3[s+]c2c1.[I-]. The van der Waals surface area contributed by atoms with Crippen molar-refractivity contribution in [2.75, 3.05) is 36.0 Å². The maximum absolute atomic E-state index is 5.02. The molecule has 0 atom stereocenters. The van der Waals surface area contributed by atoms with Gasteiger partial charge in [-0.15, -0.1) is 0 Å². The number of hydrogen-bond acceptors (Lipinski definition) is 3. The summed E-state index contributed by atoms with van der Waals surface area (Å²) in [5.41, 5.74) is 4.92. The van der Waals surface area contributed by atoms with Gasteiger partial charge in [-0.2, -0.15) is 0 Å². The Morgan fingerprint density at radius 1 is 0.571 bits per heavy atom. The Kier molecular flexibility index (Phi) is 14.2. The molecule has 3 nitrogen and oxygen atoms in total. The van der Waals surface area contributed by atoms with Gasteiger partial charge in [0.2, 0.25) is 11.3 Å². The second-order valence-electron chi connectivity index (χ2n) is 9.61. The lowest BCUT2D eigenvalue weighted by Gasteiger charge is -2.25. The number of nitrogens with zero attached hydrogens (tertiary/aromatic N) is 3. The number of unbranched alkanes of at least 4 members (excludes halogenated alkanes) is 6. The van der Waals surface area contributed by atoms with Gasteiger partial charge in [-0.05, 0) is 49.9 Å². The highest BCUT2D eigenvalue weighted by Gasteiger charge is 2.17. The van der Waals surface area contributed by atoms with Gasteiger partial charge in [0.15, 0.2) is 0 Å². The average molecular weight is 608 g/mol. The summed E-state index contributed by atoms with van der Waals surface area (Å²) in [4.78, 5) is 10.2. The molecule has 0 N–H and O–H groups in total. The Balaban J connectivity index is 0.00000432. The summed E-state index contributed by atoms with van der Waals surface area (Å²) in [5, 5.41) is 0. The fourth-order valence-electron chi connectivity index (χ4n) is 4.73. The van der Waals surface area contributed by atoms with Crippen LogP contribution in [0.2, 0.25) is 0 Å². The number of rotatable bonds is 16. The van der Waals surface area contributed by atoms with E-state index >= 15 is 0 Å². The highest BCUT2D eigenvalue weighted by Crippen LogP contribution is 2.32. The van der Waals surface area contributed by atoms with Crippen molar-refractivity contribution in [2.45, 2.75) is 91.9 Å². The van der Waals surface area contributed by atoms with Crippen molar-refractivity contribution in [1.29, 1.82) is 0 Å². The van der Waals surface area contributed by atoms with Gasteiger partial charge in [0.1, 0.15) is 11.0 Å². The van der Waals surface area contributed by atoms with Gasteiger partial charge in [0.25, 0.3) is 9.40 Å². The lowest BCUT2D eigenvalue weighted by molar-refractivity contribution is -0.00000712. The fourth-order valence-corrected chi connectivity index (χ4v) is 5.77. The molecule has 0 bridgehead atoms. The van der Waals surface area contributed by atoms with E-state index in [-0.39, 0.29) is 24.0 Å². The first-order valence-corrected chi connectivity index (χ1v) is 14.7. The van der Waals surface area contributed by atoms with Crippen molar-refractivity contribution >= 4 is 43.1 Å². The summed E-state index contributed by atoms with van der Waals surface area (Å²) in [7, 11) is 0. The van der Waals surface area contributed by atoms with E-state index in [2.05, 4.69) is 73.9 Å². The van der Waals surface area contributed by atoms with Crippen molar-refractivity contribution in [3.8, 4) is 0 Å². The van der Waals surface area contributed by atoms with Crippen molar-refractivity contribution in [3.63, 3.8) is 0 Å². The molecule has 0 aliphatic carbocycles. The number of aromatic nitrogens is 1. The monoisotopic (exact) mass is 607 g/mol. The van der Waals surface area contributed by atoms with E-state index in [1.165, 1.54) is 85.0 Å². The molecule has 194 valence electrons. The van der Waals surface area contributed by atoms with Crippen LogP contribution in [-0.2, 0) is 0 Å². The van der Waals surface area contributed by atoms with Crippen molar-refractivity contribution in [3.05, 3.63) is 36.4 Å². The van der Waals surface area contributed by atoms with Crippen molar-refractivity contribution in [1.82, 2.24) is 4.98 Å². The van der Waals surface area contributed by atoms with Crippen LogP contribution in [0.3, 0.4) is 0 Å². The highest BCUT2D eigenvalue weighted by atomic mass is 127. The zero-order chi connectivity index (χ0) is 24.2. The molecule has 35 heavy (non-hydrogen) atoms. The minimum atomic E-state index is 0. The molecule has 0 saturated carbocycles. The Bertz CT molecular complexity index is 991. The van der Waals surface area contributed by atoms with Gasteiger partial charge in [-0.3, -0.25) is 0 Å². The van der Waals surface area contributed by atoms with Crippen molar-refractivity contribution < 1.29 is 24.0 Å². The van der Waals surface area contributed by atoms with E-state index in [1.54, 1.807) is 0 Å². The van der Waals surface area contributed by atoms with Crippen LogP contribution in [0.25, 0.3) is 20.4 Å². The van der Waals surface area contributed by atoms with E-state index in [0.29, 0.717) is 0 Å². The van der Waals surface area contributed by atoms with Crippen LogP contribution < -0.4 is 33.8 Å². The van der Waals surface area contributed by atoms with Gasteiger partial charge in [0, 0.05) is 49.7 Å². The number of fused-ring (bicyclic) bond motifs is 2. The molecule has 0 fully saturated rings. The minimum absolute atomic E-state index is 0. The largest absolute Gasteiger partial charge is 1.00 e. The topological polar surface area (TPSA) is 19.4 Å². The molecule has 0 spiro atoms. The van der Waals surface area contributed by atoms with Gasteiger partial charge in [0.05, 0.1) is 0 Å². The molecule has 1 aromatic heterocycles. The predicted octanol–water partition coefficient (Wildman–Crippen LogP) is 6.33. The van der Waals surface area contributed by atoms with Gasteiger partial charge in [-0.25, -0.2) is 4.98 Å². The standard InChI is InChI=1S/C30H46N3S.HI/c1-5-9-11-13-21-33(22-14-12-10-6-2)26-16-18-28-30(24-26)34-29-23-25(15-17-27(29)31-28)32(19-7-3)20-8-4;/h15-18,23-24H,5-14,19-22H2,1-4H3;1H/q+1;/p-1. The van der Waals surface area contributed by atoms with E-state index in [4.69, 9.17) is 4.98 Å². The van der Waals surface area contributed by atoms with Gasteiger partial charge in [-0.1, -0.05) is 66.2 Å². The summed E-state index contributed by atoms with van der Waals surface area (Å²) >= 11 is 1.90. The number of benzene rings is 2. The average Bonchev–Trinajstić information content (AvgIpc) is 2.85. The maximum atomic E-state index is 5.02. The fraction of sp³-hybridized carbons (Fsp3) is 0.600. The molecule has 0 aliphatic rings. The normalized spacial score (nSPS) is 11.1. The van der Waals surface area contributed by atoms with Crippen LogP contribution in [0.5, 0.6) is 0 Å². The van der Waals surface area contributed by atoms with Crippen molar-refractivity contribution in [2.24, 2.45) is 0 Å². The summed E-state index contributed by atoms with van der Waals surface area (Å²) in [6.07, 6.45) is 12.9. The molecule has 0 amide bonds.